The van der Waals surface area contributed by atoms with Gasteiger partial charge in [0.2, 0.25) is 0 Å². The first-order chi connectivity index (χ1) is 4.31. The van der Waals surface area contributed by atoms with Gasteiger partial charge in [0, 0.05) is 25.9 Å². The van der Waals surface area contributed by atoms with Crippen molar-refractivity contribution in [1.82, 2.24) is 0 Å². The molecule has 0 spiro atoms. The van der Waals surface area contributed by atoms with Crippen molar-refractivity contribution in [2.75, 3.05) is 6.61 Å². The van der Waals surface area contributed by atoms with E-state index in [1.54, 1.807) is 0 Å². The molecule has 0 aliphatic rings. The van der Waals surface area contributed by atoms with Crippen LogP contribution in [0.2, 0.25) is 0 Å². The van der Waals surface area contributed by atoms with Crippen molar-refractivity contribution in [3.05, 3.63) is 0 Å². The van der Waals surface area contributed by atoms with Crippen LogP contribution in [0.3, 0.4) is 0 Å². The summed E-state index contributed by atoms with van der Waals surface area (Å²) < 4.78 is 4.70. The number of ether oxygens (including phenoxy) is 1. The SMILES string of the molecule is CCCCC(=O)OCC.[Zn]. The molecule has 0 aromatic rings. The quantitative estimate of drug-likeness (QED) is 0.505. The van der Waals surface area contributed by atoms with Crippen LogP contribution in [-0.4, -0.2) is 12.6 Å². The Hall–Kier alpha value is 0.0934. The molecule has 0 rings (SSSR count). The summed E-state index contributed by atoms with van der Waals surface area (Å²) in [6.45, 7) is 4.38. The van der Waals surface area contributed by atoms with Gasteiger partial charge in [-0.05, 0) is 13.3 Å². The molecule has 0 bridgehead atoms. The standard InChI is InChI=1S/C7H14O2.Zn/c1-3-5-6-7(8)9-4-2;/h3-6H2,1-2H3;. The maximum absolute atomic E-state index is 10.6. The molecule has 0 saturated carbocycles. The Morgan fingerprint density at radius 2 is 2.00 bits per heavy atom. The van der Waals surface area contributed by atoms with Gasteiger partial charge in [0.25, 0.3) is 0 Å². The zero-order chi connectivity index (χ0) is 7.11. The van der Waals surface area contributed by atoms with Gasteiger partial charge in [-0.2, -0.15) is 0 Å². The van der Waals surface area contributed by atoms with E-state index < -0.39 is 0 Å². The van der Waals surface area contributed by atoms with Crippen molar-refractivity contribution in [2.45, 2.75) is 33.1 Å². The van der Waals surface area contributed by atoms with Crippen molar-refractivity contribution >= 4 is 5.97 Å². The summed E-state index contributed by atoms with van der Waals surface area (Å²) >= 11 is 0. The molecule has 0 N–H and O–H groups in total. The Bertz CT molecular complexity index is 83.7. The van der Waals surface area contributed by atoms with Gasteiger partial charge in [-0.3, -0.25) is 4.79 Å². The second-order valence-corrected chi connectivity index (χ2v) is 1.91. The van der Waals surface area contributed by atoms with Crippen LogP contribution in [0.25, 0.3) is 0 Å². The molecule has 3 heteroatoms. The van der Waals surface area contributed by atoms with Crippen LogP contribution in [0.15, 0.2) is 0 Å². The first-order valence-corrected chi connectivity index (χ1v) is 3.46. The number of carbonyl (C=O) groups excluding carboxylic acids is 1. The van der Waals surface area contributed by atoms with E-state index in [0.29, 0.717) is 13.0 Å². The Labute approximate surface area is 75.1 Å². The van der Waals surface area contributed by atoms with Gasteiger partial charge in [0.05, 0.1) is 6.61 Å². The summed E-state index contributed by atoms with van der Waals surface area (Å²) in [6, 6.07) is 0. The van der Waals surface area contributed by atoms with Gasteiger partial charge >= 0.3 is 5.97 Å². The van der Waals surface area contributed by atoms with Crippen LogP contribution >= 0.6 is 0 Å². The summed E-state index contributed by atoms with van der Waals surface area (Å²) in [5, 5.41) is 0. The molecule has 0 amide bonds. The van der Waals surface area contributed by atoms with Crippen molar-refractivity contribution in [3.63, 3.8) is 0 Å². The number of hydrogen-bond donors (Lipinski definition) is 0. The molecule has 2 nitrogen and oxygen atoms in total. The summed E-state index contributed by atoms with van der Waals surface area (Å²) in [4.78, 5) is 10.6. The Balaban J connectivity index is 0. The minimum absolute atomic E-state index is 0. The first kappa shape index (κ1) is 12.7. The number of rotatable bonds is 4. The van der Waals surface area contributed by atoms with Crippen molar-refractivity contribution in [3.8, 4) is 0 Å². The normalized spacial score (nSPS) is 8.20. The molecule has 0 aliphatic carbocycles. The van der Waals surface area contributed by atoms with Crippen LogP contribution < -0.4 is 0 Å². The van der Waals surface area contributed by atoms with Gasteiger partial charge < -0.3 is 4.74 Å². The molecule has 0 heterocycles. The molecule has 0 aromatic carbocycles. The van der Waals surface area contributed by atoms with Crippen LogP contribution in [0, 0.1) is 0 Å². The third-order valence-corrected chi connectivity index (χ3v) is 1.04. The minimum atomic E-state index is -0.0700. The van der Waals surface area contributed by atoms with E-state index >= 15 is 0 Å². The molecule has 0 unspecified atom stereocenters. The molecule has 0 saturated heterocycles. The summed E-state index contributed by atoms with van der Waals surface area (Å²) in [7, 11) is 0. The average molecular weight is 196 g/mol. The molecular formula is C7H14O2Zn. The maximum Gasteiger partial charge on any atom is 0.305 e. The van der Waals surface area contributed by atoms with E-state index in [1.165, 1.54) is 0 Å². The number of hydrogen-bond acceptors (Lipinski definition) is 2. The average Bonchev–Trinajstić information content (AvgIpc) is 1.85. The molecule has 0 aliphatic heterocycles. The molecule has 0 atom stereocenters. The summed E-state index contributed by atoms with van der Waals surface area (Å²) in [6.07, 6.45) is 2.57. The topological polar surface area (TPSA) is 26.3 Å². The zero-order valence-corrected chi connectivity index (χ0v) is 9.82. The predicted octanol–water partition coefficient (Wildman–Crippen LogP) is 1.74. The molecule has 56 valence electrons. The fourth-order valence-electron chi connectivity index (χ4n) is 0.554. The second-order valence-electron chi connectivity index (χ2n) is 1.91. The zero-order valence-electron chi connectivity index (χ0n) is 6.85. The van der Waals surface area contributed by atoms with E-state index in [4.69, 9.17) is 4.74 Å². The molecule has 10 heavy (non-hydrogen) atoms. The largest absolute Gasteiger partial charge is 0.466 e. The van der Waals surface area contributed by atoms with Crippen molar-refractivity contribution < 1.29 is 29.0 Å². The Morgan fingerprint density at radius 1 is 1.40 bits per heavy atom. The fraction of sp³-hybridized carbons (Fsp3) is 0.857. The molecule has 0 radical (unpaired) electrons. The molecule has 0 aromatic heterocycles. The van der Waals surface area contributed by atoms with Crippen molar-refractivity contribution in [2.24, 2.45) is 0 Å². The number of carbonyl (C=O) groups is 1. The first-order valence-electron chi connectivity index (χ1n) is 3.46. The van der Waals surface area contributed by atoms with Crippen LogP contribution in [-0.2, 0) is 29.0 Å². The third kappa shape index (κ3) is 8.09. The van der Waals surface area contributed by atoms with Crippen LogP contribution in [0.1, 0.15) is 33.1 Å². The predicted molar refractivity (Wildman–Crippen MR) is 36.2 cm³/mol. The van der Waals surface area contributed by atoms with Gasteiger partial charge in [0.15, 0.2) is 0 Å². The Morgan fingerprint density at radius 3 is 2.40 bits per heavy atom. The third-order valence-electron chi connectivity index (χ3n) is 1.04. The van der Waals surface area contributed by atoms with E-state index in [2.05, 4.69) is 6.92 Å². The van der Waals surface area contributed by atoms with Gasteiger partial charge in [-0.15, -0.1) is 0 Å². The number of unbranched alkanes of at least 4 members (excludes halogenated alkanes) is 1. The monoisotopic (exact) mass is 194 g/mol. The van der Waals surface area contributed by atoms with E-state index in [1.807, 2.05) is 6.92 Å². The summed E-state index contributed by atoms with van der Waals surface area (Å²) in [5.74, 6) is -0.0700. The smallest absolute Gasteiger partial charge is 0.305 e. The van der Waals surface area contributed by atoms with Crippen molar-refractivity contribution in [1.29, 1.82) is 0 Å². The van der Waals surface area contributed by atoms with E-state index in [0.717, 1.165) is 12.8 Å². The van der Waals surface area contributed by atoms with Gasteiger partial charge in [-0.1, -0.05) is 13.3 Å². The minimum Gasteiger partial charge on any atom is -0.466 e. The molecule has 0 fully saturated rings. The second kappa shape index (κ2) is 9.09. The maximum atomic E-state index is 10.6. The number of esters is 1. The van der Waals surface area contributed by atoms with Gasteiger partial charge in [-0.25, -0.2) is 0 Å². The van der Waals surface area contributed by atoms with Crippen LogP contribution in [0.4, 0.5) is 0 Å². The van der Waals surface area contributed by atoms with Gasteiger partial charge in [0.1, 0.15) is 0 Å². The fourth-order valence-corrected chi connectivity index (χ4v) is 0.554. The molecular weight excluding hydrogens is 181 g/mol. The van der Waals surface area contributed by atoms with E-state index in [9.17, 15) is 4.79 Å². The Kier molecular flexibility index (Phi) is 11.6. The summed E-state index contributed by atoms with van der Waals surface area (Å²) in [5.41, 5.74) is 0. The van der Waals surface area contributed by atoms with Crippen LogP contribution in [0.5, 0.6) is 0 Å². The van der Waals surface area contributed by atoms with E-state index in [-0.39, 0.29) is 25.4 Å².